The summed E-state index contributed by atoms with van der Waals surface area (Å²) in [5, 5.41) is 3.26. The predicted octanol–water partition coefficient (Wildman–Crippen LogP) is 4.80. The maximum Gasteiger partial charge on any atom is 0.264 e. The van der Waals surface area contributed by atoms with Crippen LogP contribution in [0.1, 0.15) is 77.2 Å². The molecular weight excluding hydrogens is 502 g/mol. The van der Waals surface area contributed by atoms with Crippen LogP contribution in [0.5, 0.6) is 0 Å². The number of hydrazine groups is 1. The van der Waals surface area contributed by atoms with Gasteiger partial charge in [0, 0.05) is 18.5 Å². The minimum atomic E-state index is -4.04. The molecule has 2 fully saturated rings. The van der Waals surface area contributed by atoms with Crippen LogP contribution in [-0.2, 0) is 31.0 Å². The van der Waals surface area contributed by atoms with Gasteiger partial charge in [-0.05, 0) is 42.9 Å². The molecule has 0 unspecified atom stereocenters. The van der Waals surface area contributed by atoms with E-state index in [0.717, 1.165) is 37.7 Å². The van der Waals surface area contributed by atoms with Crippen molar-refractivity contribution < 1.29 is 22.8 Å². The van der Waals surface area contributed by atoms with Crippen molar-refractivity contribution in [2.75, 3.05) is 6.54 Å². The van der Waals surface area contributed by atoms with Crippen molar-refractivity contribution in [3.8, 4) is 11.1 Å². The Balaban J connectivity index is 1.56. The van der Waals surface area contributed by atoms with Crippen molar-refractivity contribution in [3.05, 3.63) is 54.1 Å². The summed E-state index contributed by atoms with van der Waals surface area (Å²) in [6.07, 6.45) is 6.33. The second kappa shape index (κ2) is 11.7. The Morgan fingerprint density at radius 3 is 2.18 bits per heavy atom. The van der Waals surface area contributed by atoms with Gasteiger partial charge in [0.25, 0.3) is 21.8 Å². The molecule has 1 heterocycles. The van der Waals surface area contributed by atoms with Crippen molar-refractivity contribution in [1.82, 2.24) is 14.7 Å². The van der Waals surface area contributed by atoms with Crippen LogP contribution in [0.15, 0.2) is 53.4 Å². The summed E-state index contributed by atoms with van der Waals surface area (Å²) < 4.78 is 28.2. The molecule has 0 bridgehead atoms. The van der Waals surface area contributed by atoms with Crippen LogP contribution in [0.4, 0.5) is 0 Å². The van der Waals surface area contributed by atoms with Crippen molar-refractivity contribution in [1.29, 1.82) is 0 Å². The molecule has 0 radical (unpaired) electrons. The van der Waals surface area contributed by atoms with E-state index in [-0.39, 0.29) is 29.7 Å². The van der Waals surface area contributed by atoms with E-state index < -0.39 is 21.3 Å². The van der Waals surface area contributed by atoms with Crippen molar-refractivity contribution >= 4 is 27.7 Å². The van der Waals surface area contributed by atoms with E-state index in [1.165, 1.54) is 6.07 Å². The first-order chi connectivity index (χ1) is 18.2. The number of hydrogen-bond acceptors (Lipinski definition) is 5. The smallest absolute Gasteiger partial charge is 0.264 e. The van der Waals surface area contributed by atoms with E-state index in [1.54, 1.807) is 28.2 Å². The number of rotatable bonds is 11. The van der Waals surface area contributed by atoms with E-state index in [2.05, 4.69) is 11.6 Å². The van der Waals surface area contributed by atoms with Gasteiger partial charge in [0.1, 0.15) is 5.41 Å². The maximum atomic E-state index is 13.5. The van der Waals surface area contributed by atoms with Gasteiger partial charge >= 0.3 is 0 Å². The highest BCUT2D eigenvalue weighted by Gasteiger charge is 2.58. The molecule has 1 aliphatic carbocycles. The van der Waals surface area contributed by atoms with Gasteiger partial charge in [0.15, 0.2) is 0 Å². The van der Waals surface area contributed by atoms with Crippen molar-refractivity contribution in [2.24, 2.45) is 5.41 Å². The topological polar surface area (TPSA) is 104 Å². The molecule has 0 atom stereocenters. The lowest BCUT2D eigenvalue weighted by molar-refractivity contribution is -0.148. The minimum Gasteiger partial charge on any atom is -0.274 e. The molecule has 2 aromatic rings. The number of nitrogens with one attached hydrogen (secondary N) is 1. The van der Waals surface area contributed by atoms with E-state index in [9.17, 15) is 22.8 Å². The molecule has 0 aromatic heterocycles. The van der Waals surface area contributed by atoms with Gasteiger partial charge in [0.05, 0.1) is 11.4 Å². The molecule has 1 N–H and O–H groups in total. The molecule has 2 aliphatic rings. The predicted molar refractivity (Wildman–Crippen MR) is 145 cm³/mol. The first-order valence-corrected chi connectivity index (χ1v) is 15.1. The monoisotopic (exact) mass is 539 g/mol. The molecule has 2 aromatic carbocycles. The molecule has 204 valence electrons. The van der Waals surface area contributed by atoms with Gasteiger partial charge in [-0.15, -0.1) is 0 Å². The molecule has 1 saturated carbocycles. The number of sulfonamides is 1. The Bertz CT molecular complexity index is 1280. The fraction of sp³-hybridized carbons (Fsp3) is 0.483. The van der Waals surface area contributed by atoms with Crippen LogP contribution in [0, 0.1) is 5.41 Å². The molecule has 1 saturated heterocycles. The number of carbonyl (C=O) groups excluding carboxylic acids is 3. The molecule has 9 heteroatoms. The van der Waals surface area contributed by atoms with Gasteiger partial charge in [-0.3, -0.25) is 19.4 Å². The maximum absolute atomic E-state index is 13.5. The molecule has 38 heavy (non-hydrogen) atoms. The molecule has 4 rings (SSSR count). The standard InChI is InChI=1S/C29H37N3O5S/c1-3-5-13-26(33)30-38(36,37)25-12-8-7-11-24(25)23-16-14-22(15-17-23)21-32-28(35)29(18-9-10-19-29)27(34)31(32)20-6-4-2/h7-8,11-12,14-17H,3-6,9-10,13,18-21H2,1-2H3,(H,30,33). The number of benzene rings is 2. The highest BCUT2D eigenvalue weighted by atomic mass is 32.2. The zero-order valence-corrected chi connectivity index (χ0v) is 23.1. The van der Waals surface area contributed by atoms with Crippen LogP contribution < -0.4 is 4.72 Å². The Morgan fingerprint density at radius 2 is 1.53 bits per heavy atom. The van der Waals surface area contributed by atoms with Gasteiger partial charge in [-0.2, -0.15) is 0 Å². The Labute approximate surface area is 225 Å². The number of carbonyl (C=O) groups is 3. The zero-order chi connectivity index (χ0) is 27.3. The van der Waals surface area contributed by atoms with E-state index in [1.807, 2.05) is 31.2 Å². The molecular formula is C29H37N3O5S. The summed E-state index contributed by atoms with van der Waals surface area (Å²) in [6.45, 7) is 4.80. The average molecular weight is 540 g/mol. The zero-order valence-electron chi connectivity index (χ0n) is 22.2. The van der Waals surface area contributed by atoms with Crippen molar-refractivity contribution in [3.63, 3.8) is 0 Å². The summed E-state index contributed by atoms with van der Waals surface area (Å²) in [6, 6.07) is 13.9. The third-order valence-corrected chi connectivity index (χ3v) is 8.97. The molecule has 8 nitrogen and oxygen atoms in total. The second-order valence-corrected chi connectivity index (χ2v) is 11.9. The Kier molecular flexibility index (Phi) is 8.55. The van der Waals surface area contributed by atoms with Crippen LogP contribution in [0.2, 0.25) is 0 Å². The third-order valence-electron chi connectivity index (χ3n) is 7.54. The lowest BCUT2D eigenvalue weighted by Crippen LogP contribution is -2.40. The Hall–Kier alpha value is -3.20. The third kappa shape index (κ3) is 5.48. The van der Waals surface area contributed by atoms with Crippen LogP contribution >= 0.6 is 0 Å². The summed E-state index contributed by atoms with van der Waals surface area (Å²) in [5.74, 6) is -0.685. The summed E-state index contributed by atoms with van der Waals surface area (Å²) in [4.78, 5) is 39.0. The average Bonchev–Trinajstić information content (AvgIpc) is 3.48. The Morgan fingerprint density at radius 1 is 0.895 bits per heavy atom. The number of amides is 3. The van der Waals surface area contributed by atoms with Crippen LogP contribution in [0.3, 0.4) is 0 Å². The van der Waals surface area contributed by atoms with Crippen molar-refractivity contribution in [2.45, 2.75) is 83.1 Å². The first kappa shape index (κ1) is 27.8. The fourth-order valence-corrected chi connectivity index (χ4v) is 6.64. The highest BCUT2D eigenvalue weighted by molar-refractivity contribution is 7.90. The fourth-order valence-electron chi connectivity index (χ4n) is 5.39. The van der Waals surface area contributed by atoms with Gasteiger partial charge < -0.3 is 0 Å². The van der Waals surface area contributed by atoms with E-state index in [0.29, 0.717) is 36.9 Å². The molecule has 3 amide bonds. The first-order valence-electron chi connectivity index (χ1n) is 13.6. The summed E-state index contributed by atoms with van der Waals surface area (Å²) >= 11 is 0. The minimum absolute atomic E-state index is 0.0341. The number of hydrogen-bond donors (Lipinski definition) is 1. The number of nitrogens with zero attached hydrogens (tertiary/aromatic N) is 2. The van der Waals surface area contributed by atoms with Crippen LogP contribution in [-0.4, -0.2) is 42.7 Å². The molecule has 1 spiro atoms. The highest BCUT2D eigenvalue weighted by Crippen LogP contribution is 2.46. The van der Waals surface area contributed by atoms with Gasteiger partial charge in [0.2, 0.25) is 5.91 Å². The summed E-state index contributed by atoms with van der Waals surface area (Å²) in [7, 11) is -4.04. The van der Waals surface area contributed by atoms with Gasteiger partial charge in [-0.1, -0.05) is 82.0 Å². The largest absolute Gasteiger partial charge is 0.274 e. The van der Waals surface area contributed by atoms with E-state index in [4.69, 9.17) is 0 Å². The number of unbranched alkanes of at least 4 members (excludes halogenated alkanes) is 2. The van der Waals surface area contributed by atoms with E-state index >= 15 is 0 Å². The lowest BCUT2D eigenvalue weighted by atomic mass is 9.85. The molecule has 1 aliphatic heterocycles. The van der Waals surface area contributed by atoms with Crippen LogP contribution in [0.25, 0.3) is 11.1 Å². The normalized spacial score (nSPS) is 17.0. The SMILES string of the molecule is CCCCC(=O)NS(=O)(=O)c1ccccc1-c1ccc(CN2C(=O)C3(CCCC3)C(=O)N2CCCC)cc1. The second-order valence-electron chi connectivity index (χ2n) is 10.3. The lowest BCUT2D eigenvalue weighted by Gasteiger charge is -2.28. The van der Waals surface area contributed by atoms with Gasteiger partial charge in [-0.25, -0.2) is 18.1 Å². The quantitative estimate of drug-likeness (QED) is 0.413. The summed E-state index contributed by atoms with van der Waals surface area (Å²) in [5.41, 5.74) is 1.11.